The topological polar surface area (TPSA) is 54.4 Å². The molecule has 0 aliphatic carbocycles. The van der Waals surface area contributed by atoms with Gasteiger partial charge in [-0.1, -0.05) is 0 Å². The number of hydrogen-bond donors (Lipinski definition) is 1. The summed E-state index contributed by atoms with van der Waals surface area (Å²) in [4.78, 5) is 23.1. The van der Waals surface area contributed by atoms with Crippen LogP contribution in [0.3, 0.4) is 0 Å². The summed E-state index contributed by atoms with van der Waals surface area (Å²) in [5, 5.41) is 9.67. The van der Waals surface area contributed by atoms with E-state index in [-0.39, 0.29) is 11.0 Å². The number of carboxylic acid groups (broad SMARTS) is 1. The van der Waals surface area contributed by atoms with E-state index in [0.29, 0.717) is 20.2 Å². The molecule has 0 saturated heterocycles. The highest BCUT2D eigenvalue weighted by atomic mass is 32.1. The molecule has 0 fully saturated rings. The van der Waals surface area contributed by atoms with Crippen LogP contribution in [0, 0.1) is 5.82 Å². The lowest BCUT2D eigenvalue weighted by Gasteiger charge is -2.02. The molecule has 0 unspecified atom stereocenters. The molecule has 3 nitrogen and oxygen atoms in total. The van der Waals surface area contributed by atoms with Gasteiger partial charge in [0.15, 0.2) is 5.43 Å². The fraction of sp³-hybridized carbons (Fsp3) is 0. The molecular weight excluding hydrogens is 267 g/mol. The molecule has 19 heavy (non-hydrogen) atoms. The van der Waals surface area contributed by atoms with Crippen molar-refractivity contribution in [3.05, 3.63) is 58.0 Å². The third-order valence-corrected chi connectivity index (χ3v) is 4.01. The molecule has 0 spiro atoms. The molecule has 1 heterocycles. The van der Waals surface area contributed by atoms with Crippen LogP contribution in [0.15, 0.2) is 41.2 Å². The summed E-state index contributed by atoms with van der Waals surface area (Å²) in [5.74, 6) is -1.50. The van der Waals surface area contributed by atoms with Gasteiger partial charge >= 0.3 is 5.97 Å². The fourth-order valence-electron chi connectivity index (χ4n) is 1.96. The molecule has 0 amide bonds. The van der Waals surface area contributed by atoms with Crippen LogP contribution in [0.4, 0.5) is 4.39 Å². The molecule has 5 heteroatoms. The van der Waals surface area contributed by atoms with Crippen LogP contribution >= 0.6 is 11.3 Å². The van der Waals surface area contributed by atoms with Gasteiger partial charge < -0.3 is 5.11 Å². The van der Waals surface area contributed by atoms with Crippen LogP contribution in [0.25, 0.3) is 20.2 Å². The highest BCUT2D eigenvalue weighted by molar-refractivity contribution is 7.24. The van der Waals surface area contributed by atoms with Crippen molar-refractivity contribution in [3.63, 3.8) is 0 Å². The summed E-state index contributed by atoms with van der Waals surface area (Å²) in [7, 11) is 0. The first-order valence-electron chi connectivity index (χ1n) is 5.46. The standard InChI is InChI=1S/C14H7FO3S/c15-8-2-4-11-10(6-8)13(16)9-3-1-7(14(17)18)5-12(9)19-11/h1-6H,(H,17,18). The Kier molecular flexibility index (Phi) is 2.57. The highest BCUT2D eigenvalue weighted by Gasteiger charge is 2.09. The normalized spacial score (nSPS) is 11.0. The van der Waals surface area contributed by atoms with E-state index in [1.54, 1.807) is 0 Å². The van der Waals surface area contributed by atoms with Crippen molar-refractivity contribution in [1.82, 2.24) is 0 Å². The van der Waals surface area contributed by atoms with Gasteiger partial charge in [0.05, 0.1) is 5.56 Å². The first-order chi connectivity index (χ1) is 9.06. The van der Waals surface area contributed by atoms with Gasteiger partial charge in [-0.05, 0) is 36.4 Å². The van der Waals surface area contributed by atoms with E-state index in [0.717, 1.165) is 0 Å². The maximum absolute atomic E-state index is 13.2. The van der Waals surface area contributed by atoms with Crippen molar-refractivity contribution in [2.24, 2.45) is 0 Å². The van der Waals surface area contributed by atoms with Crippen molar-refractivity contribution in [2.75, 3.05) is 0 Å². The number of carbonyl (C=O) groups is 1. The predicted octanol–water partition coefficient (Wildman–Crippen LogP) is 3.25. The van der Waals surface area contributed by atoms with E-state index in [9.17, 15) is 14.0 Å². The van der Waals surface area contributed by atoms with Gasteiger partial charge in [0.25, 0.3) is 0 Å². The zero-order valence-corrected chi connectivity index (χ0v) is 10.3. The van der Waals surface area contributed by atoms with Crippen molar-refractivity contribution < 1.29 is 14.3 Å². The summed E-state index contributed by atoms with van der Waals surface area (Å²) in [6.45, 7) is 0. The maximum atomic E-state index is 13.2. The molecule has 0 atom stereocenters. The van der Waals surface area contributed by atoms with Gasteiger partial charge in [-0.25, -0.2) is 9.18 Å². The Hall–Kier alpha value is -2.27. The van der Waals surface area contributed by atoms with E-state index in [1.165, 1.54) is 47.7 Å². The number of halogens is 1. The van der Waals surface area contributed by atoms with Crippen LogP contribution in [0.1, 0.15) is 10.4 Å². The molecule has 0 aliphatic rings. The van der Waals surface area contributed by atoms with Crippen molar-refractivity contribution in [2.45, 2.75) is 0 Å². The predicted molar refractivity (Wildman–Crippen MR) is 72.5 cm³/mol. The fourth-order valence-corrected chi connectivity index (χ4v) is 3.05. The minimum atomic E-state index is -1.04. The summed E-state index contributed by atoms with van der Waals surface area (Å²) in [6.07, 6.45) is 0. The summed E-state index contributed by atoms with van der Waals surface area (Å²) in [5.41, 5.74) is -0.148. The summed E-state index contributed by atoms with van der Waals surface area (Å²) in [6, 6.07) is 8.34. The Morgan fingerprint density at radius 2 is 1.84 bits per heavy atom. The number of carboxylic acids is 1. The Morgan fingerprint density at radius 3 is 2.58 bits per heavy atom. The van der Waals surface area contributed by atoms with Crippen molar-refractivity contribution >= 4 is 37.5 Å². The van der Waals surface area contributed by atoms with Crippen molar-refractivity contribution in [1.29, 1.82) is 0 Å². The second-order valence-electron chi connectivity index (χ2n) is 4.09. The molecule has 3 aromatic rings. The molecule has 0 aliphatic heterocycles. The SMILES string of the molecule is O=C(O)c1ccc2c(=O)c3cc(F)ccc3sc2c1. The molecule has 0 saturated carbocycles. The maximum Gasteiger partial charge on any atom is 0.335 e. The summed E-state index contributed by atoms with van der Waals surface area (Å²) < 4.78 is 14.4. The lowest BCUT2D eigenvalue weighted by molar-refractivity contribution is 0.0697. The van der Waals surface area contributed by atoms with Crippen LogP contribution in [0.5, 0.6) is 0 Å². The lowest BCUT2D eigenvalue weighted by atomic mass is 10.1. The Balaban J connectivity index is 2.46. The Morgan fingerprint density at radius 1 is 1.05 bits per heavy atom. The lowest BCUT2D eigenvalue weighted by Crippen LogP contribution is -2.03. The number of rotatable bonds is 1. The third-order valence-electron chi connectivity index (χ3n) is 2.88. The minimum Gasteiger partial charge on any atom is -0.478 e. The Bertz CT molecular complexity index is 883. The van der Waals surface area contributed by atoms with E-state index >= 15 is 0 Å². The van der Waals surface area contributed by atoms with Gasteiger partial charge in [-0.15, -0.1) is 11.3 Å². The zero-order valence-electron chi connectivity index (χ0n) is 9.51. The van der Waals surface area contributed by atoms with E-state index in [2.05, 4.69) is 0 Å². The molecule has 0 radical (unpaired) electrons. The van der Waals surface area contributed by atoms with Crippen LogP contribution < -0.4 is 5.43 Å². The highest BCUT2D eigenvalue weighted by Crippen LogP contribution is 2.25. The van der Waals surface area contributed by atoms with Gasteiger partial charge in [0.2, 0.25) is 0 Å². The van der Waals surface area contributed by atoms with Gasteiger partial charge in [0, 0.05) is 20.2 Å². The monoisotopic (exact) mass is 274 g/mol. The van der Waals surface area contributed by atoms with Crippen molar-refractivity contribution in [3.8, 4) is 0 Å². The van der Waals surface area contributed by atoms with E-state index in [4.69, 9.17) is 5.11 Å². The van der Waals surface area contributed by atoms with E-state index < -0.39 is 11.8 Å². The number of hydrogen-bond acceptors (Lipinski definition) is 3. The minimum absolute atomic E-state index is 0.129. The molecule has 3 rings (SSSR count). The Labute approximate surface area is 110 Å². The number of aromatic carboxylic acids is 1. The average molecular weight is 274 g/mol. The molecule has 1 aromatic heterocycles. The molecule has 94 valence electrons. The smallest absolute Gasteiger partial charge is 0.335 e. The third kappa shape index (κ3) is 1.88. The molecular formula is C14H7FO3S. The average Bonchev–Trinajstić information content (AvgIpc) is 2.39. The molecule has 1 N–H and O–H groups in total. The molecule has 2 aromatic carbocycles. The second kappa shape index (κ2) is 4.13. The largest absolute Gasteiger partial charge is 0.478 e. The van der Waals surface area contributed by atoms with E-state index in [1.807, 2.05) is 0 Å². The summed E-state index contributed by atoms with van der Waals surface area (Å²) >= 11 is 1.28. The first-order valence-corrected chi connectivity index (χ1v) is 6.27. The molecule has 0 bridgehead atoms. The first kappa shape index (κ1) is 11.8. The van der Waals surface area contributed by atoms with Gasteiger partial charge in [-0.3, -0.25) is 4.79 Å². The van der Waals surface area contributed by atoms with Crippen LogP contribution in [-0.4, -0.2) is 11.1 Å². The quantitative estimate of drug-likeness (QED) is 0.693. The van der Waals surface area contributed by atoms with Crippen LogP contribution in [-0.2, 0) is 0 Å². The zero-order chi connectivity index (χ0) is 13.6. The number of fused-ring (bicyclic) bond motifs is 2. The number of benzene rings is 2. The second-order valence-corrected chi connectivity index (χ2v) is 5.17. The van der Waals surface area contributed by atoms with Crippen LogP contribution in [0.2, 0.25) is 0 Å². The van der Waals surface area contributed by atoms with Gasteiger partial charge in [0.1, 0.15) is 5.82 Å². The van der Waals surface area contributed by atoms with Gasteiger partial charge in [-0.2, -0.15) is 0 Å².